The number of nitrogens with zero attached hydrogens (tertiary/aromatic N) is 2. The predicted molar refractivity (Wildman–Crippen MR) is 163 cm³/mol. The molecular weight excluding hydrogens is 460 g/mol. The van der Waals surface area contributed by atoms with E-state index >= 15 is 0 Å². The van der Waals surface area contributed by atoms with Crippen molar-refractivity contribution in [3.05, 3.63) is 151 Å². The van der Waals surface area contributed by atoms with E-state index in [1.165, 1.54) is 33.2 Å². The lowest BCUT2D eigenvalue weighted by atomic mass is 10.0. The number of rotatable bonds is 6. The van der Waals surface area contributed by atoms with Crippen molar-refractivity contribution < 1.29 is 0 Å². The number of hydrogen-bond acceptors (Lipinski definition) is 2. The highest BCUT2D eigenvalue weighted by Crippen LogP contribution is 2.38. The molecule has 38 heavy (non-hydrogen) atoms. The Bertz CT molecular complexity index is 1650. The molecule has 0 unspecified atom stereocenters. The summed E-state index contributed by atoms with van der Waals surface area (Å²) < 4.78 is 0. The van der Waals surface area contributed by atoms with Crippen LogP contribution in [0.25, 0.3) is 21.9 Å². The van der Waals surface area contributed by atoms with Gasteiger partial charge in [-0.3, -0.25) is 0 Å². The van der Waals surface area contributed by atoms with Crippen LogP contribution in [0.2, 0.25) is 0 Å². The molecule has 2 nitrogen and oxygen atoms in total. The summed E-state index contributed by atoms with van der Waals surface area (Å²) in [4.78, 5) is 4.55. The molecule has 0 atom stereocenters. The van der Waals surface area contributed by atoms with Gasteiger partial charge in [-0.1, -0.05) is 90.5 Å². The predicted octanol–water partition coefficient (Wildman–Crippen LogP) is 10.1. The highest BCUT2D eigenvalue weighted by atomic mass is 15.1. The number of fused-ring (bicyclic) bond motifs is 1. The van der Waals surface area contributed by atoms with Gasteiger partial charge in [0.15, 0.2) is 0 Å². The van der Waals surface area contributed by atoms with Gasteiger partial charge in [-0.2, -0.15) is 0 Å². The van der Waals surface area contributed by atoms with Gasteiger partial charge in [0.1, 0.15) is 0 Å². The number of benzene rings is 6. The molecule has 0 heterocycles. The molecule has 6 rings (SSSR count). The molecule has 0 amide bonds. The van der Waals surface area contributed by atoms with Gasteiger partial charge < -0.3 is 9.80 Å². The van der Waals surface area contributed by atoms with Crippen LogP contribution in [0.5, 0.6) is 0 Å². The maximum Gasteiger partial charge on any atom is 0.0468 e. The van der Waals surface area contributed by atoms with Crippen LogP contribution in [-0.4, -0.2) is 7.05 Å². The van der Waals surface area contributed by atoms with Gasteiger partial charge in [0.2, 0.25) is 0 Å². The third-order valence-electron chi connectivity index (χ3n) is 7.14. The molecule has 0 aliphatic rings. The molecule has 0 aliphatic carbocycles. The first-order valence-corrected chi connectivity index (χ1v) is 13.0. The SMILES string of the molecule is Cc1ccc(N(C)c2ccc(N(c3ccc(-c4ccccc4)cc3)c3ccc4ccccc4c3)cc2)cc1. The zero-order valence-corrected chi connectivity index (χ0v) is 21.8. The fourth-order valence-corrected chi connectivity index (χ4v) is 4.94. The Kier molecular flexibility index (Phi) is 6.37. The van der Waals surface area contributed by atoms with E-state index in [0.29, 0.717) is 0 Å². The maximum atomic E-state index is 2.33. The molecule has 0 fully saturated rings. The van der Waals surface area contributed by atoms with Gasteiger partial charge in [-0.05, 0) is 89.5 Å². The van der Waals surface area contributed by atoms with E-state index in [1.807, 2.05) is 0 Å². The van der Waals surface area contributed by atoms with Gasteiger partial charge in [0.25, 0.3) is 0 Å². The lowest BCUT2D eigenvalue weighted by Crippen LogP contribution is -2.12. The maximum absolute atomic E-state index is 2.33. The van der Waals surface area contributed by atoms with Crippen LogP contribution in [0, 0.1) is 6.92 Å². The Labute approximate surface area is 225 Å². The second kappa shape index (κ2) is 10.3. The molecule has 2 heteroatoms. The largest absolute Gasteiger partial charge is 0.345 e. The minimum atomic E-state index is 1.12. The van der Waals surface area contributed by atoms with Crippen LogP contribution in [0.4, 0.5) is 28.4 Å². The third kappa shape index (κ3) is 4.77. The standard InChI is InChI=1S/C36H30N2/c1-27-12-17-32(18-13-27)37(2)33-22-24-35(25-23-33)38(36-21-16-29-10-6-7-11-31(29)26-36)34-19-14-30(15-20-34)28-8-4-3-5-9-28/h3-26H,1-2H3. The Morgan fingerprint density at radius 1 is 0.395 bits per heavy atom. The van der Waals surface area contributed by atoms with Crippen LogP contribution >= 0.6 is 0 Å². The summed E-state index contributed by atoms with van der Waals surface area (Å²) in [6.45, 7) is 2.12. The Morgan fingerprint density at radius 2 is 0.868 bits per heavy atom. The monoisotopic (exact) mass is 490 g/mol. The van der Waals surface area contributed by atoms with Crippen molar-refractivity contribution >= 4 is 39.2 Å². The van der Waals surface area contributed by atoms with E-state index in [2.05, 4.69) is 169 Å². The average molecular weight is 491 g/mol. The highest BCUT2D eigenvalue weighted by molar-refractivity contribution is 5.89. The molecule has 0 saturated heterocycles. The van der Waals surface area contributed by atoms with Crippen LogP contribution in [0.15, 0.2) is 146 Å². The van der Waals surface area contributed by atoms with Crippen molar-refractivity contribution in [2.45, 2.75) is 6.92 Å². The van der Waals surface area contributed by atoms with Crippen molar-refractivity contribution in [2.75, 3.05) is 16.8 Å². The van der Waals surface area contributed by atoms with E-state index in [-0.39, 0.29) is 0 Å². The summed E-state index contributed by atoms with van der Waals surface area (Å²) in [5, 5.41) is 2.47. The minimum Gasteiger partial charge on any atom is -0.345 e. The summed E-state index contributed by atoms with van der Waals surface area (Å²) in [6, 6.07) is 52.0. The van der Waals surface area contributed by atoms with E-state index in [4.69, 9.17) is 0 Å². The van der Waals surface area contributed by atoms with Crippen molar-refractivity contribution in [2.24, 2.45) is 0 Å². The summed E-state index contributed by atoms with van der Waals surface area (Å²) in [7, 11) is 2.11. The molecule has 0 radical (unpaired) electrons. The van der Waals surface area contributed by atoms with Crippen LogP contribution < -0.4 is 9.80 Å². The number of aryl methyl sites for hydroxylation is 1. The quantitative estimate of drug-likeness (QED) is 0.229. The normalized spacial score (nSPS) is 10.9. The Balaban J connectivity index is 1.39. The van der Waals surface area contributed by atoms with Gasteiger partial charge in [-0.25, -0.2) is 0 Å². The zero-order chi connectivity index (χ0) is 25.9. The van der Waals surface area contributed by atoms with Crippen LogP contribution in [0.1, 0.15) is 5.56 Å². The molecule has 6 aromatic carbocycles. The first kappa shape index (κ1) is 23.6. The van der Waals surface area contributed by atoms with Crippen LogP contribution in [0.3, 0.4) is 0 Å². The van der Waals surface area contributed by atoms with Gasteiger partial charge in [0.05, 0.1) is 0 Å². The van der Waals surface area contributed by atoms with E-state index in [9.17, 15) is 0 Å². The van der Waals surface area contributed by atoms with Gasteiger partial charge >= 0.3 is 0 Å². The molecular formula is C36H30N2. The van der Waals surface area contributed by atoms with Crippen molar-refractivity contribution in [3.8, 4) is 11.1 Å². The lowest BCUT2D eigenvalue weighted by Gasteiger charge is -2.27. The highest BCUT2D eigenvalue weighted by Gasteiger charge is 2.14. The first-order valence-electron chi connectivity index (χ1n) is 13.0. The second-order valence-corrected chi connectivity index (χ2v) is 9.69. The molecule has 184 valence electrons. The summed E-state index contributed by atoms with van der Waals surface area (Å²) in [6.07, 6.45) is 0. The molecule has 0 spiro atoms. The van der Waals surface area contributed by atoms with Gasteiger partial charge in [-0.15, -0.1) is 0 Å². The second-order valence-electron chi connectivity index (χ2n) is 9.69. The molecule has 0 bridgehead atoms. The molecule has 0 saturated carbocycles. The van der Waals surface area contributed by atoms with E-state index < -0.39 is 0 Å². The smallest absolute Gasteiger partial charge is 0.0468 e. The first-order chi connectivity index (χ1) is 18.7. The topological polar surface area (TPSA) is 6.48 Å². The molecule has 0 aliphatic heterocycles. The molecule has 0 aromatic heterocycles. The summed E-state index contributed by atoms with van der Waals surface area (Å²) in [5.74, 6) is 0. The number of hydrogen-bond donors (Lipinski definition) is 0. The molecule has 6 aromatic rings. The van der Waals surface area contributed by atoms with Crippen molar-refractivity contribution in [1.29, 1.82) is 0 Å². The summed E-state index contributed by atoms with van der Waals surface area (Å²) >= 11 is 0. The van der Waals surface area contributed by atoms with Crippen LogP contribution in [-0.2, 0) is 0 Å². The Morgan fingerprint density at radius 3 is 1.53 bits per heavy atom. The molecule has 0 N–H and O–H groups in total. The minimum absolute atomic E-state index is 1.12. The average Bonchev–Trinajstić information content (AvgIpc) is 2.98. The zero-order valence-electron chi connectivity index (χ0n) is 21.8. The number of anilines is 5. The summed E-state index contributed by atoms with van der Waals surface area (Å²) in [5.41, 5.74) is 9.40. The van der Waals surface area contributed by atoms with Gasteiger partial charge in [0, 0.05) is 35.5 Å². The van der Waals surface area contributed by atoms with Crippen molar-refractivity contribution in [3.63, 3.8) is 0 Å². The van der Waals surface area contributed by atoms with Crippen molar-refractivity contribution in [1.82, 2.24) is 0 Å². The Hall–Kier alpha value is -4.82. The lowest BCUT2D eigenvalue weighted by molar-refractivity contribution is 1.20. The fraction of sp³-hybridized carbons (Fsp3) is 0.0556. The van der Waals surface area contributed by atoms with E-state index in [0.717, 1.165) is 22.7 Å². The van der Waals surface area contributed by atoms with E-state index in [1.54, 1.807) is 0 Å². The fourth-order valence-electron chi connectivity index (χ4n) is 4.94. The third-order valence-corrected chi connectivity index (χ3v) is 7.14.